The molecule has 0 radical (unpaired) electrons. The van der Waals surface area contributed by atoms with Crippen molar-refractivity contribution in [1.82, 2.24) is 19.5 Å². The summed E-state index contributed by atoms with van der Waals surface area (Å²) in [6, 6.07) is 4.21. The van der Waals surface area contributed by atoms with Gasteiger partial charge in [-0.1, -0.05) is 0 Å². The molecule has 4 rings (SSSR count). The Morgan fingerprint density at radius 3 is 2.76 bits per heavy atom. The molecule has 0 saturated carbocycles. The third-order valence-corrected chi connectivity index (χ3v) is 6.23. The number of pyridine rings is 2. The molecule has 3 aromatic heterocycles. The van der Waals surface area contributed by atoms with Gasteiger partial charge in [-0.05, 0) is 44.1 Å². The van der Waals surface area contributed by atoms with Gasteiger partial charge in [-0.2, -0.15) is 0 Å². The molecule has 3 aromatic rings. The molecule has 4 N–H and O–H groups in total. The number of ether oxygens (including phenoxy) is 1. The number of rotatable bonds is 5. The summed E-state index contributed by atoms with van der Waals surface area (Å²) in [7, 11) is 1.79. The number of thioether (sulfide) groups is 1. The summed E-state index contributed by atoms with van der Waals surface area (Å²) in [5.41, 5.74) is 11.7. The number of nitrogens with two attached hydrogens (primary N) is 2. The SMILES string of the molecule is CSc1nccc2c3ncc(/C(=C(\C)N)N(C)N)cc3n(CC3CCOCC3)c12. The molecule has 0 unspecified atom stereocenters. The molecule has 29 heavy (non-hydrogen) atoms. The molecule has 1 aliphatic rings. The van der Waals surface area contributed by atoms with Gasteiger partial charge >= 0.3 is 0 Å². The van der Waals surface area contributed by atoms with Gasteiger partial charge in [0.25, 0.3) is 0 Å². The fourth-order valence-corrected chi connectivity index (χ4v) is 4.82. The number of allylic oxidation sites excluding steroid dienone is 1. The van der Waals surface area contributed by atoms with Crippen LogP contribution in [0.5, 0.6) is 0 Å². The van der Waals surface area contributed by atoms with Gasteiger partial charge in [0.15, 0.2) is 0 Å². The lowest BCUT2D eigenvalue weighted by Crippen LogP contribution is -2.26. The summed E-state index contributed by atoms with van der Waals surface area (Å²) in [6.07, 6.45) is 7.93. The maximum atomic E-state index is 6.12. The summed E-state index contributed by atoms with van der Waals surface area (Å²) in [6.45, 7) is 4.44. The zero-order valence-electron chi connectivity index (χ0n) is 17.2. The van der Waals surface area contributed by atoms with E-state index in [0.717, 1.165) is 70.8 Å². The predicted octanol–water partition coefficient (Wildman–Crippen LogP) is 3.19. The molecule has 0 aliphatic carbocycles. The van der Waals surface area contributed by atoms with Crippen molar-refractivity contribution in [3.05, 3.63) is 35.8 Å². The smallest absolute Gasteiger partial charge is 0.120 e. The first kappa shape index (κ1) is 20.0. The topological polar surface area (TPSA) is 95.2 Å². The molecule has 0 bridgehead atoms. The lowest BCUT2D eigenvalue weighted by Gasteiger charge is -2.24. The van der Waals surface area contributed by atoms with Crippen LogP contribution in [0, 0.1) is 5.92 Å². The number of aromatic nitrogens is 3. The van der Waals surface area contributed by atoms with E-state index in [1.54, 1.807) is 23.8 Å². The molecular weight excluding hydrogens is 384 g/mol. The van der Waals surface area contributed by atoms with Crippen molar-refractivity contribution in [1.29, 1.82) is 0 Å². The number of nitrogens with zero attached hydrogens (tertiary/aromatic N) is 4. The normalized spacial score (nSPS) is 16.4. The van der Waals surface area contributed by atoms with Crippen molar-refractivity contribution < 1.29 is 4.74 Å². The van der Waals surface area contributed by atoms with Crippen molar-refractivity contribution in [3.63, 3.8) is 0 Å². The highest BCUT2D eigenvalue weighted by Gasteiger charge is 2.21. The zero-order valence-corrected chi connectivity index (χ0v) is 18.0. The van der Waals surface area contributed by atoms with E-state index in [0.29, 0.717) is 11.6 Å². The maximum Gasteiger partial charge on any atom is 0.120 e. The Morgan fingerprint density at radius 1 is 1.34 bits per heavy atom. The third kappa shape index (κ3) is 3.68. The van der Waals surface area contributed by atoms with Crippen LogP contribution in [0.25, 0.3) is 27.6 Å². The fourth-order valence-electron chi connectivity index (χ4n) is 4.24. The van der Waals surface area contributed by atoms with Gasteiger partial charge in [-0.15, -0.1) is 11.8 Å². The second-order valence-corrected chi connectivity index (χ2v) is 8.41. The fraction of sp³-hybridized carbons (Fsp3) is 0.429. The third-order valence-electron chi connectivity index (χ3n) is 5.55. The molecule has 4 heterocycles. The molecule has 0 aromatic carbocycles. The average Bonchev–Trinajstić information content (AvgIpc) is 3.01. The minimum absolute atomic E-state index is 0.574. The molecule has 7 nitrogen and oxygen atoms in total. The van der Waals surface area contributed by atoms with E-state index in [-0.39, 0.29) is 0 Å². The van der Waals surface area contributed by atoms with Gasteiger partial charge in [0.2, 0.25) is 0 Å². The average molecular weight is 413 g/mol. The first-order valence-corrected chi connectivity index (χ1v) is 11.1. The lowest BCUT2D eigenvalue weighted by atomic mass is 10.0. The van der Waals surface area contributed by atoms with Gasteiger partial charge in [-0.25, -0.2) is 10.8 Å². The molecule has 1 fully saturated rings. The van der Waals surface area contributed by atoms with E-state index in [2.05, 4.69) is 27.9 Å². The highest BCUT2D eigenvalue weighted by molar-refractivity contribution is 7.98. The van der Waals surface area contributed by atoms with Gasteiger partial charge in [0.05, 0.1) is 22.2 Å². The zero-order chi connectivity index (χ0) is 20.5. The summed E-state index contributed by atoms with van der Waals surface area (Å²) in [4.78, 5) is 9.45. The quantitative estimate of drug-likeness (QED) is 0.377. The molecule has 154 valence electrons. The van der Waals surface area contributed by atoms with Crippen LogP contribution in [0.15, 0.2) is 35.2 Å². The first-order valence-electron chi connectivity index (χ1n) is 9.85. The van der Waals surface area contributed by atoms with Crippen LogP contribution in [0.2, 0.25) is 0 Å². The van der Waals surface area contributed by atoms with Crippen molar-refractivity contribution in [2.24, 2.45) is 17.5 Å². The Bertz CT molecular complexity index is 1060. The van der Waals surface area contributed by atoms with Gasteiger partial charge < -0.3 is 20.0 Å². The Kier molecular flexibility index (Phi) is 5.67. The van der Waals surface area contributed by atoms with Crippen LogP contribution >= 0.6 is 11.8 Å². The molecule has 8 heteroatoms. The van der Waals surface area contributed by atoms with E-state index < -0.39 is 0 Å². The van der Waals surface area contributed by atoms with Crippen molar-refractivity contribution >= 4 is 39.4 Å². The molecular formula is C21H28N6OS. The van der Waals surface area contributed by atoms with Crippen molar-refractivity contribution in [2.45, 2.75) is 31.3 Å². The molecule has 0 atom stereocenters. The minimum Gasteiger partial charge on any atom is -0.401 e. The Morgan fingerprint density at radius 2 is 2.10 bits per heavy atom. The molecule has 0 spiro atoms. The van der Waals surface area contributed by atoms with Crippen LogP contribution in [-0.2, 0) is 11.3 Å². The van der Waals surface area contributed by atoms with Crippen LogP contribution in [0.4, 0.5) is 0 Å². The van der Waals surface area contributed by atoms with Gasteiger partial charge in [0.1, 0.15) is 5.03 Å². The van der Waals surface area contributed by atoms with Crippen LogP contribution in [0.3, 0.4) is 0 Å². The Labute approximate surface area is 175 Å². The van der Waals surface area contributed by atoms with E-state index in [9.17, 15) is 0 Å². The van der Waals surface area contributed by atoms with Crippen LogP contribution in [0.1, 0.15) is 25.3 Å². The molecule has 0 amide bonds. The predicted molar refractivity (Wildman–Crippen MR) is 119 cm³/mol. The van der Waals surface area contributed by atoms with E-state index in [4.69, 9.17) is 21.3 Å². The summed E-state index contributed by atoms with van der Waals surface area (Å²) < 4.78 is 7.95. The van der Waals surface area contributed by atoms with Crippen molar-refractivity contribution in [3.8, 4) is 0 Å². The lowest BCUT2D eigenvalue weighted by molar-refractivity contribution is 0.0619. The second-order valence-electron chi connectivity index (χ2n) is 7.62. The molecule has 1 aliphatic heterocycles. The van der Waals surface area contributed by atoms with E-state index >= 15 is 0 Å². The Hall–Kier alpha value is -2.29. The Balaban J connectivity index is 1.96. The van der Waals surface area contributed by atoms with E-state index in [1.807, 2.05) is 19.3 Å². The number of hydrazine groups is 1. The van der Waals surface area contributed by atoms with Crippen LogP contribution in [-0.4, -0.2) is 46.1 Å². The summed E-state index contributed by atoms with van der Waals surface area (Å²) in [5.74, 6) is 6.63. The van der Waals surface area contributed by atoms with Crippen molar-refractivity contribution in [2.75, 3.05) is 26.5 Å². The van der Waals surface area contributed by atoms with Gasteiger partial charge in [-0.3, -0.25) is 4.98 Å². The highest BCUT2D eigenvalue weighted by atomic mass is 32.2. The monoisotopic (exact) mass is 412 g/mol. The largest absolute Gasteiger partial charge is 0.401 e. The van der Waals surface area contributed by atoms with E-state index in [1.165, 1.54) is 0 Å². The summed E-state index contributed by atoms with van der Waals surface area (Å²) >= 11 is 1.67. The number of hydrogen-bond acceptors (Lipinski definition) is 7. The first-order chi connectivity index (χ1) is 14.0. The number of hydrogen-bond donors (Lipinski definition) is 2. The van der Waals surface area contributed by atoms with Crippen LogP contribution < -0.4 is 11.6 Å². The minimum atomic E-state index is 0.574. The maximum absolute atomic E-state index is 6.12. The highest BCUT2D eigenvalue weighted by Crippen LogP contribution is 2.35. The summed E-state index contributed by atoms with van der Waals surface area (Å²) in [5, 5.41) is 3.71. The second kappa shape index (κ2) is 8.22. The van der Waals surface area contributed by atoms with Gasteiger partial charge in [0, 0.05) is 55.8 Å². The molecule has 1 saturated heterocycles. The standard InChI is InChI=1S/C21H28N6OS/c1-13(22)19(26(2)23)15-10-17-18(25-11-15)16-4-7-24-21(29-3)20(16)27(17)12-14-5-8-28-9-6-14/h4,7,10-11,14H,5-6,8-9,12,22-23H2,1-3H3/b19-13-. The number of fused-ring (bicyclic) bond motifs is 3.